The normalized spacial score (nSPS) is 11.2. The Morgan fingerprint density at radius 2 is 0.804 bits per heavy atom. The molecule has 0 radical (unpaired) electrons. The van der Waals surface area contributed by atoms with E-state index in [1.54, 1.807) is 0 Å². The van der Waals surface area contributed by atoms with Crippen LogP contribution in [0.15, 0.2) is 231 Å². The Morgan fingerprint density at radius 1 is 0.304 bits per heavy atom. The summed E-state index contributed by atoms with van der Waals surface area (Å²) in [6.45, 7) is 0. The van der Waals surface area contributed by atoms with Crippen molar-refractivity contribution < 1.29 is 0 Å². The zero-order valence-electron chi connectivity index (χ0n) is 30.8. The van der Waals surface area contributed by atoms with Crippen LogP contribution in [0.4, 0.5) is 17.1 Å². The molecule has 2 nitrogen and oxygen atoms in total. The van der Waals surface area contributed by atoms with Crippen LogP contribution in [0.3, 0.4) is 0 Å². The quantitative estimate of drug-likeness (QED) is 0.152. The van der Waals surface area contributed by atoms with Crippen LogP contribution in [0.1, 0.15) is 0 Å². The highest BCUT2D eigenvalue weighted by molar-refractivity contribution is 6.17. The fourth-order valence-corrected chi connectivity index (χ4v) is 8.28. The molecule has 0 aliphatic heterocycles. The maximum absolute atomic E-state index is 2.44. The predicted octanol–water partition coefficient (Wildman–Crippen LogP) is 14.9. The van der Waals surface area contributed by atoms with Crippen LogP contribution in [-0.2, 0) is 0 Å². The van der Waals surface area contributed by atoms with Gasteiger partial charge in [-0.05, 0) is 93.5 Å². The first-order valence-electron chi connectivity index (χ1n) is 19.2. The molecule has 264 valence electrons. The highest BCUT2D eigenvalue weighted by Gasteiger charge is 2.23. The fourth-order valence-electron chi connectivity index (χ4n) is 8.28. The first kappa shape index (κ1) is 33.2. The monoisotopic (exact) mass is 714 g/mol. The minimum atomic E-state index is 1.10. The average molecular weight is 715 g/mol. The van der Waals surface area contributed by atoms with Gasteiger partial charge in [0.05, 0.1) is 22.4 Å². The molecule has 0 saturated heterocycles. The van der Waals surface area contributed by atoms with E-state index in [1.807, 2.05) is 0 Å². The van der Waals surface area contributed by atoms with Crippen molar-refractivity contribution in [1.29, 1.82) is 0 Å². The van der Waals surface area contributed by atoms with Crippen LogP contribution < -0.4 is 4.90 Å². The van der Waals surface area contributed by atoms with Crippen molar-refractivity contribution in [3.05, 3.63) is 231 Å². The second-order valence-electron chi connectivity index (χ2n) is 14.1. The van der Waals surface area contributed by atoms with E-state index in [2.05, 4.69) is 240 Å². The molecule has 9 aromatic carbocycles. The number of hydrogen-bond donors (Lipinski definition) is 0. The Hall–Kier alpha value is -7.42. The van der Waals surface area contributed by atoms with Gasteiger partial charge in [-0.15, -0.1) is 0 Å². The van der Waals surface area contributed by atoms with Crippen molar-refractivity contribution in [2.45, 2.75) is 0 Å². The first-order chi connectivity index (χ1) is 27.8. The Kier molecular flexibility index (Phi) is 8.55. The largest absolute Gasteiger partial charge is 0.309 e. The topological polar surface area (TPSA) is 8.17 Å². The van der Waals surface area contributed by atoms with Crippen molar-refractivity contribution in [2.24, 2.45) is 0 Å². The van der Waals surface area contributed by atoms with Gasteiger partial charge in [-0.3, -0.25) is 0 Å². The van der Waals surface area contributed by atoms with Crippen LogP contribution in [-0.4, -0.2) is 4.57 Å². The van der Waals surface area contributed by atoms with Crippen molar-refractivity contribution in [2.75, 3.05) is 4.90 Å². The van der Waals surface area contributed by atoms with E-state index in [9.17, 15) is 0 Å². The zero-order valence-corrected chi connectivity index (χ0v) is 30.8. The molecule has 0 fully saturated rings. The first-order valence-corrected chi connectivity index (χ1v) is 19.2. The lowest BCUT2D eigenvalue weighted by Gasteiger charge is -2.29. The van der Waals surface area contributed by atoms with E-state index in [4.69, 9.17) is 0 Å². The minimum Gasteiger partial charge on any atom is -0.309 e. The summed E-state index contributed by atoms with van der Waals surface area (Å²) in [5, 5.41) is 2.41. The number of benzene rings is 9. The van der Waals surface area contributed by atoms with Gasteiger partial charge < -0.3 is 9.47 Å². The van der Waals surface area contributed by atoms with Gasteiger partial charge >= 0.3 is 0 Å². The summed E-state index contributed by atoms with van der Waals surface area (Å²) in [6.07, 6.45) is 0. The van der Waals surface area contributed by atoms with E-state index in [-0.39, 0.29) is 0 Å². The summed E-state index contributed by atoms with van der Waals surface area (Å²) < 4.78 is 2.43. The molecule has 56 heavy (non-hydrogen) atoms. The number of aromatic nitrogens is 1. The van der Waals surface area contributed by atoms with Gasteiger partial charge in [-0.25, -0.2) is 0 Å². The maximum atomic E-state index is 2.44. The molecule has 0 unspecified atom stereocenters. The van der Waals surface area contributed by atoms with E-state index >= 15 is 0 Å². The molecule has 0 atom stereocenters. The van der Waals surface area contributed by atoms with E-state index in [1.165, 1.54) is 60.8 Å². The number of rotatable bonds is 8. The second kappa shape index (κ2) is 14.4. The SMILES string of the molecule is c1ccc(-c2cccc(-c3ccccc3N(c3ccccc3)c3cccc4c3c3ccccc3n4-c3cccc(-c4ccccc4-c4ccccc4)c3)c2)cc1. The maximum Gasteiger partial charge on any atom is 0.0562 e. The van der Waals surface area contributed by atoms with Crippen LogP contribution in [0.25, 0.3) is 72.0 Å². The summed E-state index contributed by atoms with van der Waals surface area (Å²) in [5.41, 5.74) is 16.4. The van der Waals surface area contributed by atoms with Crippen LogP contribution in [0, 0.1) is 0 Å². The molecular formula is C54H38N2. The summed E-state index contributed by atoms with van der Waals surface area (Å²) in [5.74, 6) is 0. The van der Waals surface area contributed by atoms with Gasteiger partial charge in [-0.1, -0.05) is 176 Å². The molecule has 0 spiro atoms. The molecule has 10 rings (SSSR count). The number of para-hydroxylation sites is 3. The van der Waals surface area contributed by atoms with Gasteiger partial charge in [0.25, 0.3) is 0 Å². The smallest absolute Gasteiger partial charge is 0.0562 e. The molecule has 0 saturated carbocycles. The standard InChI is InChI=1S/C54H38N2/c1-4-19-39(20-5-1)41-23-16-24-42(37-41)48-31-12-14-33-50(48)55(44-26-8-3-9-27-44)52-35-18-36-53-54(52)49-32-13-15-34-51(49)56(53)45-28-17-25-43(38-45)47-30-11-10-29-46(47)40-21-6-2-7-22-40/h1-38H. The van der Waals surface area contributed by atoms with Crippen LogP contribution in [0.5, 0.6) is 0 Å². The molecule has 2 heteroatoms. The molecule has 1 aromatic heterocycles. The highest BCUT2D eigenvalue weighted by Crippen LogP contribution is 2.47. The summed E-state index contributed by atoms with van der Waals surface area (Å²) >= 11 is 0. The van der Waals surface area contributed by atoms with Gasteiger partial charge in [0.1, 0.15) is 0 Å². The van der Waals surface area contributed by atoms with E-state index in [0.29, 0.717) is 0 Å². The minimum absolute atomic E-state index is 1.10. The van der Waals surface area contributed by atoms with Crippen molar-refractivity contribution in [1.82, 2.24) is 4.57 Å². The molecule has 0 N–H and O–H groups in total. The second-order valence-corrected chi connectivity index (χ2v) is 14.1. The third-order valence-electron chi connectivity index (χ3n) is 10.8. The predicted molar refractivity (Wildman–Crippen MR) is 237 cm³/mol. The Balaban J connectivity index is 1.18. The van der Waals surface area contributed by atoms with Gasteiger partial charge in [0.15, 0.2) is 0 Å². The highest BCUT2D eigenvalue weighted by atomic mass is 15.1. The third kappa shape index (κ3) is 5.95. The number of nitrogens with zero attached hydrogens (tertiary/aromatic N) is 2. The zero-order chi connectivity index (χ0) is 37.3. The summed E-state index contributed by atoms with van der Waals surface area (Å²) in [6, 6.07) is 83.0. The van der Waals surface area contributed by atoms with Gasteiger partial charge in [-0.2, -0.15) is 0 Å². The van der Waals surface area contributed by atoms with Gasteiger partial charge in [0, 0.05) is 27.7 Å². The van der Waals surface area contributed by atoms with Crippen LogP contribution in [0.2, 0.25) is 0 Å². The molecule has 10 aromatic rings. The van der Waals surface area contributed by atoms with E-state index in [0.717, 1.165) is 28.3 Å². The summed E-state index contributed by atoms with van der Waals surface area (Å²) in [4.78, 5) is 2.44. The van der Waals surface area contributed by atoms with Crippen molar-refractivity contribution in [3.8, 4) is 50.2 Å². The van der Waals surface area contributed by atoms with Crippen molar-refractivity contribution in [3.63, 3.8) is 0 Å². The molecule has 0 aliphatic carbocycles. The average Bonchev–Trinajstić information content (AvgIpc) is 3.63. The summed E-state index contributed by atoms with van der Waals surface area (Å²) in [7, 11) is 0. The van der Waals surface area contributed by atoms with E-state index < -0.39 is 0 Å². The van der Waals surface area contributed by atoms with Gasteiger partial charge in [0.2, 0.25) is 0 Å². The molecule has 1 heterocycles. The lowest BCUT2D eigenvalue weighted by Crippen LogP contribution is -2.11. The third-order valence-corrected chi connectivity index (χ3v) is 10.8. The lowest BCUT2D eigenvalue weighted by atomic mass is 9.94. The molecular weight excluding hydrogens is 677 g/mol. The molecule has 0 bridgehead atoms. The number of hydrogen-bond acceptors (Lipinski definition) is 1. The fraction of sp³-hybridized carbons (Fsp3) is 0. The van der Waals surface area contributed by atoms with Crippen LogP contribution >= 0.6 is 0 Å². The Labute approximate surface area is 327 Å². The molecule has 0 aliphatic rings. The van der Waals surface area contributed by atoms with Crippen molar-refractivity contribution >= 4 is 38.9 Å². The number of fused-ring (bicyclic) bond motifs is 3. The molecule has 0 amide bonds. The Bertz CT molecular complexity index is 2960. The lowest BCUT2D eigenvalue weighted by molar-refractivity contribution is 1.18. The number of anilines is 3. The Morgan fingerprint density at radius 3 is 1.57 bits per heavy atom.